The standard InChI is InChI=1S/C25H23N5O4/c1-17(20-5-3-2-4-6-20)34-25(33)26-24-27-28-29-30(24)16-19-9-13-22(14-10-19)21-11-7-18(8-12-21)15-23(31)32/h2-14,17H,15-16H2,1H3,(H,31,32)(H,26,27,29,33). The van der Waals surface area contributed by atoms with Gasteiger partial charge in [-0.2, -0.15) is 0 Å². The number of carboxylic acid groups (broad SMARTS) is 1. The van der Waals surface area contributed by atoms with Gasteiger partial charge < -0.3 is 9.84 Å². The highest BCUT2D eigenvalue weighted by molar-refractivity contribution is 5.82. The van der Waals surface area contributed by atoms with Crippen molar-refractivity contribution in [3.8, 4) is 11.1 Å². The van der Waals surface area contributed by atoms with E-state index in [9.17, 15) is 9.59 Å². The molecule has 1 atom stereocenters. The van der Waals surface area contributed by atoms with Gasteiger partial charge in [-0.25, -0.2) is 9.48 Å². The minimum Gasteiger partial charge on any atom is -0.481 e. The number of anilines is 1. The molecular formula is C25H23N5O4. The number of nitrogens with one attached hydrogen (secondary N) is 1. The molecule has 172 valence electrons. The fraction of sp³-hybridized carbons (Fsp3) is 0.160. The van der Waals surface area contributed by atoms with Crippen molar-refractivity contribution in [2.24, 2.45) is 0 Å². The van der Waals surface area contributed by atoms with Crippen LogP contribution in [0.2, 0.25) is 0 Å². The van der Waals surface area contributed by atoms with Gasteiger partial charge in [0.15, 0.2) is 0 Å². The van der Waals surface area contributed by atoms with Gasteiger partial charge in [0.05, 0.1) is 13.0 Å². The van der Waals surface area contributed by atoms with E-state index in [0.717, 1.165) is 27.8 Å². The summed E-state index contributed by atoms with van der Waals surface area (Å²) >= 11 is 0. The molecule has 0 aliphatic heterocycles. The topological polar surface area (TPSA) is 119 Å². The van der Waals surface area contributed by atoms with Gasteiger partial charge >= 0.3 is 12.1 Å². The molecule has 1 amide bonds. The predicted molar refractivity (Wildman–Crippen MR) is 125 cm³/mol. The quantitative estimate of drug-likeness (QED) is 0.404. The van der Waals surface area contributed by atoms with Crippen LogP contribution >= 0.6 is 0 Å². The molecule has 0 bridgehead atoms. The Morgan fingerprint density at radius 2 is 1.56 bits per heavy atom. The normalized spacial score (nSPS) is 11.6. The number of carbonyl (C=O) groups is 2. The molecule has 9 nitrogen and oxygen atoms in total. The summed E-state index contributed by atoms with van der Waals surface area (Å²) in [6.07, 6.45) is -1.06. The molecule has 0 saturated heterocycles. The number of nitrogens with zero attached hydrogens (tertiary/aromatic N) is 4. The number of hydrogen-bond donors (Lipinski definition) is 2. The van der Waals surface area contributed by atoms with E-state index in [-0.39, 0.29) is 12.4 Å². The van der Waals surface area contributed by atoms with Gasteiger partial charge in [0.2, 0.25) is 0 Å². The summed E-state index contributed by atoms with van der Waals surface area (Å²) in [5.41, 5.74) is 4.56. The first-order chi connectivity index (χ1) is 16.5. The van der Waals surface area contributed by atoms with Crippen molar-refractivity contribution in [1.29, 1.82) is 0 Å². The number of tetrazole rings is 1. The first-order valence-electron chi connectivity index (χ1n) is 10.7. The molecule has 34 heavy (non-hydrogen) atoms. The third kappa shape index (κ3) is 5.83. The largest absolute Gasteiger partial charge is 0.481 e. The maximum atomic E-state index is 12.3. The van der Waals surface area contributed by atoms with E-state index in [1.54, 1.807) is 6.92 Å². The Labute approximate surface area is 196 Å². The Morgan fingerprint density at radius 1 is 0.941 bits per heavy atom. The Kier molecular flexibility index (Phi) is 6.92. The minimum absolute atomic E-state index is 0.000236. The van der Waals surface area contributed by atoms with E-state index >= 15 is 0 Å². The lowest BCUT2D eigenvalue weighted by Gasteiger charge is -2.14. The summed E-state index contributed by atoms with van der Waals surface area (Å²) in [6.45, 7) is 2.15. The molecule has 0 saturated carbocycles. The fourth-order valence-electron chi connectivity index (χ4n) is 3.44. The van der Waals surface area contributed by atoms with Gasteiger partial charge in [-0.3, -0.25) is 10.1 Å². The Morgan fingerprint density at radius 3 is 2.18 bits per heavy atom. The van der Waals surface area contributed by atoms with Gasteiger partial charge in [0.25, 0.3) is 5.95 Å². The van der Waals surface area contributed by atoms with E-state index in [0.29, 0.717) is 6.54 Å². The lowest BCUT2D eigenvalue weighted by atomic mass is 10.0. The van der Waals surface area contributed by atoms with Crippen LogP contribution < -0.4 is 5.32 Å². The Balaban J connectivity index is 1.37. The molecule has 1 unspecified atom stereocenters. The summed E-state index contributed by atoms with van der Waals surface area (Å²) < 4.78 is 6.89. The molecule has 4 rings (SSSR count). The van der Waals surface area contributed by atoms with Crippen LogP contribution in [0.3, 0.4) is 0 Å². The zero-order valence-corrected chi connectivity index (χ0v) is 18.5. The van der Waals surface area contributed by atoms with Crippen LogP contribution in [-0.4, -0.2) is 37.4 Å². The molecule has 0 fully saturated rings. The number of amides is 1. The molecular weight excluding hydrogens is 434 g/mol. The summed E-state index contributed by atoms with van der Waals surface area (Å²) in [7, 11) is 0. The van der Waals surface area contributed by atoms with Crippen molar-refractivity contribution < 1.29 is 19.4 Å². The van der Waals surface area contributed by atoms with E-state index < -0.39 is 18.2 Å². The number of carboxylic acids is 1. The van der Waals surface area contributed by atoms with E-state index in [1.165, 1.54) is 4.68 Å². The number of hydrogen-bond acceptors (Lipinski definition) is 6. The number of rotatable bonds is 8. The second-order valence-corrected chi connectivity index (χ2v) is 7.71. The molecule has 0 aliphatic rings. The number of ether oxygens (including phenoxy) is 1. The van der Waals surface area contributed by atoms with Crippen molar-refractivity contribution in [3.05, 3.63) is 95.6 Å². The highest BCUT2D eigenvalue weighted by atomic mass is 16.6. The van der Waals surface area contributed by atoms with Crippen LogP contribution in [0.4, 0.5) is 10.7 Å². The molecule has 9 heteroatoms. The second kappa shape index (κ2) is 10.4. The van der Waals surface area contributed by atoms with Crippen LogP contribution in [-0.2, 0) is 22.5 Å². The summed E-state index contributed by atoms with van der Waals surface area (Å²) in [5.74, 6) is -0.670. The average Bonchev–Trinajstić information content (AvgIpc) is 3.26. The number of carbonyl (C=O) groups excluding carboxylic acids is 1. The maximum absolute atomic E-state index is 12.3. The van der Waals surface area contributed by atoms with Crippen molar-refractivity contribution in [2.75, 3.05) is 5.32 Å². The monoisotopic (exact) mass is 457 g/mol. The lowest BCUT2D eigenvalue weighted by molar-refractivity contribution is -0.136. The van der Waals surface area contributed by atoms with E-state index in [4.69, 9.17) is 9.84 Å². The Hall–Kier alpha value is -4.53. The van der Waals surface area contributed by atoms with Gasteiger partial charge in [-0.05, 0) is 45.2 Å². The van der Waals surface area contributed by atoms with Crippen molar-refractivity contribution >= 4 is 18.0 Å². The van der Waals surface area contributed by atoms with Gasteiger partial charge in [0, 0.05) is 0 Å². The highest BCUT2D eigenvalue weighted by Crippen LogP contribution is 2.21. The molecule has 0 aliphatic carbocycles. The maximum Gasteiger partial charge on any atom is 0.414 e. The van der Waals surface area contributed by atoms with E-state index in [2.05, 4.69) is 20.8 Å². The van der Waals surface area contributed by atoms with Gasteiger partial charge in [-0.15, -0.1) is 0 Å². The van der Waals surface area contributed by atoms with E-state index in [1.807, 2.05) is 78.9 Å². The van der Waals surface area contributed by atoms with Crippen LogP contribution in [0.15, 0.2) is 78.9 Å². The molecule has 1 heterocycles. The first-order valence-corrected chi connectivity index (χ1v) is 10.7. The molecule has 2 N–H and O–H groups in total. The van der Waals surface area contributed by atoms with Crippen LogP contribution in [0, 0.1) is 0 Å². The number of benzene rings is 3. The van der Waals surface area contributed by atoms with Crippen molar-refractivity contribution in [2.45, 2.75) is 26.0 Å². The number of aliphatic carboxylic acids is 1. The van der Waals surface area contributed by atoms with Crippen LogP contribution in [0.25, 0.3) is 11.1 Å². The highest BCUT2D eigenvalue weighted by Gasteiger charge is 2.15. The SMILES string of the molecule is CC(OC(=O)Nc1nnnn1Cc1ccc(-c2ccc(CC(=O)O)cc2)cc1)c1ccccc1. The summed E-state index contributed by atoms with van der Waals surface area (Å²) in [5, 5.41) is 23.0. The molecule has 4 aromatic rings. The van der Waals surface area contributed by atoms with Crippen molar-refractivity contribution in [1.82, 2.24) is 20.2 Å². The fourth-order valence-corrected chi connectivity index (χ4v) is 3.44. The predicted octanol–water partition coefficient (Wildman–Crippen LogP) is 4.33. The minimum atomic E-state index is -0.854. The summed E-state index contributed by atoms with van der Waals surface area (Å²) in [4.78, 5) is 23.1. The summed E-state index contributed by atoms with van der Waals surface area (Å²) in [6, 6.07) is 24.7. The Bertz CT molecular complexity index is 1250. The number of aromatic nitrogens is 4. The average molecular weight is 457 g/mol. The lowest BCUT2D eigenvalue weighted by Crippen LogP contribution is -2.19. The third-order valence-electron chi connectivity index (χ3n) is 5.23. The molecule has 3 aromatic carbocycles. The van der Waals surface area contributed by atoms with Gasteiger partial charge in [0.1, 0.15) is 6.10 Å². The first kappa shape index (κ1) is 22.7. The smallest absolute Gasteiger partial charge is 0.414 e. The zero-order valence-electron chi connectivity index (χ0n) is 18.5. The van der Waals surface area contributed by atoms with Crippen LogP contribution in [0.1, 0.15) is 29.7 Å². The molecule has 1 aromatic heterocycles. The van der Waals surface area contributed by atoms with Crippen molar-refractivity contribution in [3.63, 3.8) is 0 Å². The van der Waals surface area contributed by atoms with Crippen LogP contribution in [0.5, 0.6) is 0 Å². The molecule has 0 spiro atoms. The second-order valence-electron chi connectivity index (χ2n) is 7.71. The zero-order chi connectivity index (χ0) is 23.9. The third-order valence-corrected chi connectivity index (χ3v) is 5.23. The van der Waals surface area contributed by atoms with Gasteiger partial charge in [-0.1, -0.05) is 84.0 Å². The molecule has 0 radical (unpaired) electrons.